The van der Waals surface area contributed by atoms with E-state index >= 15 is 0 Å². The van der Waals surface area contributed by atoms with Gasteiger partial charge in [-0.3, -0.25) is 14.9 Å². The number of halogens is 1. The maximum atomic E-state index is 13.7. The molecule has 0 aliphatic carbocycles. The van der Waals surface area contributed by atoms with E-state index in [2.05, 4.69) is 0 Å². The normalized spacial score (nSPS) is 9.95. The zero-order chi connectivity index (χ0) is 15.8. The molecular weight excluding hydrogens is 281 g/mol. The standard InChI is InChI=1S/C13H14FN3O4/c1-21-8-7-16(6-2-5-15)13(18)11-9-10(17(19)20)3-4-12(11)14/h3-4,9H,2,6-8H2,1H3. The van der Waals surface area contributed by atoms with E-state index in [1.54, 1.807) is 0 Å². The molecule has 0 unspecified atom stereocenters. The fourth-order valence-corrected chi connectivity index (χ4v) is 1.66. The van der Waals surface area contributed by atoms with Crippen molar-refractivity contribution in [2.75, 3.05) is 26.8 Å². The van der Waals surface area contributed by atoms with Gasteiger partial charge >= 0.3 is 0 Å². The van der Waals surface area contributed by atoms with E-state index in [-0.39, 0.29) is 31.8 Å². The molecule has 0 spiro atoms. The molecule has 21 heavy (non-hydrogen) atoms. The Bertz CT molecular complexity index is 571. The van der Waals surface area contributed by atoms with Gasteiger partial charge in [-0.15, -0.1) is 0 Å². The van der Waals surface area contributed by atoms with Gasteiger partial charge in [0, 0.05) is 32.3 Å². The zero-order valence-corrected chi connectivity index (χ0v) is 11.4. The smallest absolute Gasteiger partial charge is 0.270 e. The molecule has 0 bridgehead atoms. The molecule has 0 N–H and O–H groups in total. The van der Waals surface area contributed by atoms with Crippen LogP contribution in [0.2, 0.25) is 0 Å². The number of amides is 1. The second kappa shape index (κ2) is 7.91. The number of hydrogen-bond acceptors (Lipinski definition) is 5. The van der Waals surface area contributed by atoms with Crippen molar-refractivity contribution in [3.63, 3.8) is 0 Å². The summed E-state index contributed by atoms with van der Waals surface area (Å²) in [5.74, 6) is -1.55. The molecule has 0 radical (unpaired) electrons. The van der Waals surface area contributed by atoms with Gasteiger partial charge in [0.05, 0.1) is 29.6 Å². The third kappa shape index (κ3) is 4.50. The third-order valence-electron chi connectivity index (χ3n) is 2.74. The number of carbonyl (C=O) groups is 1. The van der Waals surface area contributed by atoms with E-state index in [1.165, 1.54) is 12.0 Å². The number of nitro groups is 1. The van der Waals surface area contributed by atoms with Crippen LogP contribution in [0.3, 0.4) is 0 Å². The van der Waals surface area contributed by atoms with Crippen molar-refractivity contribution in [3.8, 4) is 6.07 Å². The van der Waals surface area contributed by atoms with Crippen molar-refractivity contribution in [1.29, 1.82) is 5.26 Å². The third-order valence-corrected chi connectivity index (χ3v) is 2.74. The summed E-state index contributed by atoms with van der Waals surface area (Å²) in [7, 11) is 1.45. The Morgan fingerprint density at radius 1 is 1.52 bits per heavy atom. The lowest BCUT2D eigenvalue weighted by Crippen LogP contribution is -2.35. The van der Waals surface area contributed by atoms with Gasteiger partial charge in [-0.2, -0.15) is 5.26 Å². The van der Waals surface area contributed by atoms with Crippen LogP contribution in [0.1, 0.15) is 16.8 Å². The number of rotatable bonds is 7. The van der Waals surface area contributed by atoms with Crippen LogP contribution in [-0.2, 0) is 4.74 Å². The summed E-state index contributed by atoms with van der Waals surface area (Å²) in [6.45, 7) is 0.480. The SMILES string of the molecule is COCCN(CCC#N)C(=O)c1cc([N+](=O)[O-])ccc1F. The molecule has 0 saturated heterocycles. The molecule has 1 rings (SSSR count). The van der Waals surface area contributed by atoms with Gasteiger partial charge < -0.3 is 9.64 Å². The fraction of sp³-hybridized carbons (Fsp3) is 0.385. The Balaban J connectivity index is 3.04. The van der Waals surface area contributed by atoms with Gasteiger partial charge in [0.1, 0.15) is 5.82 Å². The summed E-state index contributed by atoms with van der Waals surface area (Å²) in [6.07, 6.45) is 0.0754. The van der Waals surface area contributed by atoms with Crippen molar-refractivity contribution in [2.24, 2.45) is 0 Å². The number of nitrogens with zero attached hydrogens (tertiary/aromatic N) is 3. The van der Waals surface area contributed by atoms with Gasteiger partial charge in [-0.25, -0.2) is 4.39 Å². The van der Waals surface area contributed by atoms with Crippen molar-refractivity contribution in [2.45, 2.75) is 6.42 Å². The summed E-state index contributed by atoms with van der Waals surface area (Å²) >= 11 is 0. The molecule has 0 aliphatic rings. The topological polar surface area (TPSA) is 96.5 Å². The van der Waals surface area contributed by atoms with E-state index in [1.807, 2.05) is 6.07 Å². The summed E-state index contributed by atoms with van der Waals surface area (Å²) in [6, 6.07) is 4.65. The molecule has 0 saturated carbocycles. The highest BCUT2D eigenvalue weighted by atomic mass is 19.1. The highest BCUT2D eigenvalue weighted by Crippen LogP contribution is 2.18. The lowest BCUT2D eigenvalue weighted by Gasteiger charge is -2.21. The molecule has 0 fully saturated rings. The number of nitriles is 1. The van der Waals surface area contributed by atoms with Gasteiger partial charge in [-0.1, -0.05) is 0 Å². The molecule has 0 heterocycles. The van der Waals surface area contributed by atoms with Crippen LogP contribution in [-0.4, -0.2) is 42.5 Å². The van der Waals surface area contributed by atoms with Gasteiger partial charge in [0.25, 0.3) is 11.6 Å². The number of ether oxygens (including phenoxy) is 1. The van der Waals surface area contributed by atoms with Crippen LogP contribution in [0.25, 0.3) is 0 Å². The maximum absolute atomic E-state index is 13.7. The molecular formula is C13H14FN3O4. The number of hydrogen-bond donors (Lipinski definition) is 0. The number of nitro benzene ring substituents is 1. The lowest BCUT2D eigenvalue weighted by atomic mass is 10.1. The van der Waals surface area contributed by atoms with Crippen molar-refractivity contribution >= 4 is 11.6 Å². The van der Waals surface area contributed by atoms with Crippen LogP contribution >= 0.6 is 0 Å². The minimum absolute atomic E-state index is 0.0754. The summed E-state index contributed by atoms with van der Waals surface area (Å²) in [4.78, 5) is 23.5. The van der Waals surface area contributed by atoms with E-state index < -0.39 is 22.2 Å². The van der Waals surface area contributed by atoms with Crippen LogP contribution in [0, 0.1) is 27.3 Å². The van der Waals surface area contributed by atoms with Crippen molar-refractivity contribution < 1.29 is 18.8 Å². The van der Waals surface area contributed by atoms with Crippen LogP contribution in [0.5, 0.6) is 0 Å². The minimum Gasteiger partial charge on any atom is -0.383 e. The number of methoxy groups -OCH3 is 1. The Morgan fingerprint density at radius 3 is 2.81 bits per heavy atom. The second-order valence-corrected chi connectivity index (χ2v) is 4.11. The molecule has 112 valence electrons. The predicted molar refractivity (Wildman–Crippen MR) is 71.1 cm³/mol. The van der Waals surface area contributed by atoms with E-state index in [0.717, 1.165) is 18.2 Å². The van der Waals surface area contributed by atoms with E-state index in [4.69, 9.17) is 10.00 Å². The lowest BCUT2D eigenvalue weighted by molar-refractivity contribution is -0.384. The van der Waals surface area contributed by atoms with Crippen LogP contribution in [0.4, 0.5) is 10.1 Å². The average molecular weight is 295 g/mol. The largest absolute Gasteiger partial charge is 0.383 e. The van der Waals surface area contributed by atoms with Crippen molar-refractivity contribution in [1.82, 2.24) is 4.90 Å². The van der Waals surface area contributed by atoms with Crippen molar-refractivity contribution in [3.05, 3.63) is 39.7 Å². The molecule has 0 atom stereocenters. The number of non-ortho nitro benzene ring substituents is 1. The highest BCUT2D eigenvalue weighted by Gasteiger charge is 2.21. The molecule has 1 aromatic carbocycles. The Morgan fingerprint density at radius 2 is 2.24 bits per heavy atom. The molecule has 1 aromatic rings. The Hall–Kier alpha value is -2.53. The Labute approximate surface area is 120 Å². The summed E-state index contributed by atoms with van der Waals surface area (Å²) in [5, 5.41) is 19.3. The first-order chi connectivity index (χ1) is 10.0. The molecule has 0 aromatic heterocycles. The molecule has 1 amide bonds. The quantitative estimate of drug-likeness (QED) is 0.563. The maximum Gasteiger partial charge on any atom is 0.270 e. The first-order valence-corrected chi connectivity index (χ1v) is 6.10. The Kier molecular flexibility index (Phi) is 6.23. The zero-order valence-electron chi connectivity index (χ0n) is 11.4. The summed E-state index contributed by atoms with van der Waals surface area (Å²) < 4.78 is 18.6. The number of carbonyl (C=O) groups excluding carboxylic acids is 1. The molecule has 7 nitrogen and oxygen atoms in total. The van der Waals surface area contributed by atoms with Gasteiger partial charge in [0.2, 0.25) is 0 Å². The van der Waals surface area contributed by atoms with Gasteiger partial charge in [-0.05, 0) is 6.07 Å². The highest BCUT2D eigenvalue weighted by molar-refractivity contribution is 5.95. The average Bonchev–Trinajstić information content (AvgIpc) is 2.47. The predicted octanol–water partition coefficient (Wildman–Crippen LogP) is 1.74. The van der Waals surface area contributed by atoms with E-state index in [9.17, 15) is 19.3 Å². The van der Waals surface area contributed by atoms with Gasteiger partial charge in [0.15, 0.2) is 0 Å². The van der Waals surface area contributed by atoms with E-state index in [0.29, 0.717) is 0 Å². The van der Waals surface area contributed by atoms with Crippen LogP contribution in [0.15, 0.2) is 18.2 Å². The molecule has 8 heteroatoms. The number of benzene rings is 1. The first-order valence-electron chi connectivity index (χ1n) is 6.10. The second-order valence-electron chi connectivity index (χ2n) is 4.11. The fourth-order valence-electron chi connectivity index (χ4n) is 1.66. The van der Waals surface area contributed by atoms with Crippen LogP contribution < -0.4 is 0 Å². The summed E-state index contributed by atoms with van der Waals surface area (Å²) in [5.41, 5.74) is -0.759. The first kappa shape index (κ1) is 16.5. The molecule has 0 aliphatic heterocycles. The minimum atomic E-state index is -0.843. The monoisotopic (exact) mass is 295 g/mol.